The zero-order chi connectivity index (χ0) is 21.6. The van der Waals surface area contributed by atoms with Crippen LogP contribution in [0.2, 0.25) is 5.02 Å². The zero-order valence-corrected chi connectivity index (χ0v) is 19.0. The van der Waals surface area contributed by atoms with Crippen LogP contribution in [-0.4, -0.2) is 57.8 Å². The normalized spacial score (nSPS) is 15.1. The van der Waals surface area contributed by atoms with Crippen LogP contribution in [0.15, 0.2) is 58.2 Å². The van der Waals surface area contributed by atoms with Crippen molar-refractivity contribution in [2.75, 3.05) is 31.9 Å². The number of hydrogen-bond donors (Lipinski definition) is 0. The van der Waals surface area contributed by atoms with Crippen LogP contribution in [0.25, 0.3) is 11.5 Å². The van der Waals surface area contributed by atoms with Crippen molar-refractivity contribution in [2.45, 2.75) is 25.1 Å². The molecule has 2 heterocycles. The molecule has 3 aromatic rings. The summed E-state index contributed by atoms with van der Waals surface area (Å²) in [6.07, 6.45) is 0.972. The van der Waals surface area contributed by atoms with Gasteiger partial charge in [-0.05, 0) is 31.0 Å². The third-order valence-electron chi connectivity index (χ3n) is 5.30. The maximum atomic E-state index is 12.7. The van der Waals surface area contributed by atoms with Gasteiger partial charge in [0.25, 0.3) is 5.22 Å². The highest BCUT2D eigenvalue weighted by Gasteiger charge is 2.20. The average Bonchev–Trinajstić information content (AvgIpc) is 3.12. The molecule has 1 aliphatic rings. The summed E-state index contributed by atoms with van der Waals surface area (Å²) < 4.78 is 5.68. The number of thioether (sulfide) groups is 1. The van der Waals surface area contributed by atoms with Gasteiger partial charge >= 0.3 is 0 Å². The van der Waals surface area contributed by atoms with Gasteiger partial charge in [-0.3, -0.25) is 9.69 Å². The summed E-state index contributed by atoms with van der Waals surface area (Å²) in [4.78, 5) is 17.1. The lowest BCUT2D eigenvalue weighted by Gasteiger charge is -2.22. The summed E-state index contributed by atoms with van der Waals surface area (Å²) in [7, 11) is 0. The van der Waals surface area contributed by atoms with E-state index >= 15 is 0 Å². The number of amides is 1. The largest absolute Gasteiger partial charge is 0.411 e. The van der Waals surface area contributed by atoms with E-state index in [2.05, 4.69) is 46.3 Å². The second kappa shape index (κ2) is 10.3. The lowest BCUT2D eigenvalue weighted by Crippen LogP contribution is -2.36. The summed E-state index contributed by atoms with van der Waals surface area (Å²) >= 11 is 7.45. The fourth-order valence-corrected chi connectivity index (χ4v) is 4.44. The maximum Gasteiger partial charge on any atom is 0.277 e. The minimum atomic E-state index is 0.0969. The van der Waals surface area contributed by atoms with Gasteiger partial charge in [0.1, 0.15) is 0 Å². The second-order valence-corrected chi connectivity index (χ2v) is 8.97. The van der Waals surface area contributed by atoms with Crippen LogP contribution in [0.1, 0.15) is 17.5 Å². The number of aryl methyl sites for hydroxylation is 1. The van der Waals surface area contributed by atoms with Crippen LogP contribution in [0.3, 0.4) is 0 Å². The molecule has 4 rings (SSSR count). The second-order valence-electron chi connectivity index (χ2n) is 7.64. The monoisotopic (exact) mass is 456 g/mol. The predicted octanol–water partition coefficient (Wildman–Crippen LogP) is 4.53. The number of hydrogen-bond acceptors (Lipinski definition) is 6. The van der Waals surface area contributed by atoms with Gasteiger partial charge in [0.2, 0.25) is 11.8 Å². The minimum Gasteiger partial charge on any atom is -0.411 e. The van der Waals surface area contributed by atoms with Gasteiger partial charge in [0.15, 0.2) is 0 Å². The Balaban J connectivity index is 1.27. The number of carbonyl (C=O) groups excluding carboxylic acids is 1. The molecule has 1 saturated heterocycles. The van der Waals surface area contributed by atoms with Crippen LogP contribution in [0, 0.1) is 6.92 Å². The fraction of sp³-hybridized carbons (Fsp3) is 0.348. The van der Waals surface area contributed by atoms with Gasteiger partial charge in [0, 0.05) is 32.7 Å². The van der Waals surface area contributed by atoms with Gasteiger partial charge < -0.3 is 9.32 Å². The Bertz CT molecular complexity index is 1020. The molecule has 0 aliphatic carbocycles. The third-order valence-corrected chi connectivity index (χ3v) is 6.43. The molecule has 0 spiro atoms. The molecule has 0 unspecified atom stereocenters. The van der Waals surface area contributed by atoms with Crippen LogP contribution in [0.4, 0.5) is 0 Å². The van der Waals surface area contributed by atoms with E-state index in [-0.39, 0.29) is 11.7 Å². The number of nitrogens with zero attached hydrogens (tertiary/aromatic N) is 4. The van der Waals surface area contributed by atoms with Crippen LogP contribution >= 0.6 is 23.4 Å². The number of aromatic nitrogens is 2. The predicted molar refractivity (Wildman–Crippen MR) is 123 cm³/mol. The van der Waals surface area contributed by atoms with E-state index in [1.54, 1.807) is 6.07 Å². The van der Waals surface area contributed by atoms with Crippen LogP contribution in [-0.2, 0) is 11.3 Å². The molecule has 0 radical (unpaired) electrons. The number of rotatable bonds is 6. The minimum absolute atomic E-state index is 0.0969. The van der Waals surface area contributed by atoms with Gasteiger partial charge in [0.05, 0.1) is 16.3 Å². The molecule has 6 nitrogen and oxygen atoms in total. The molecule has 1 amide bonds. The number of carbonyl (C=O) groups is 1. The van der Waals surface area contributed by atoms with Crippen molar-refractivity contribution < 1.29 is 9.21 Å². The van der Waals surface area contributed by atoms with Gasteiger partial charge in [-0.15, -0.1) is 10.2 Å². The van der Waals surface area contributed by atoms with Crippen molar-refractivity contribution in [3.05, 3.63) is 64.7 Å². The highest BCUT2D eigenvalue weighted by atomic mass is 35.5. The molecule has 162 valence electrons. The molecule has 0 N–H and O–H groups in total. The standard InChI is InChI=1S/C23H25ClN4O2S/c1-17-7-9-18(10-8-17)15-27-11-4-12-28(14-13-27)21(29)16-31-23-26-25-22(30-23)19-5-2-3-6-20(19)24/h2-3,5-10H,4,11-16H2,1H3. The van der Waals surface area contributed by atoms with E-state index in [4.69, 9.17) is 16.0 Å². The highest BCUT2D eigenvalue weighted by Crippen LogP contribution is 2.28. The molecule has 0 bridgehead atoms. The fourth-order valence-electron chi connectivity index (χ4n) is 3.56. The maximum absolute atomic E-state index is 12.7. The summed E-state index contributed by atoms with van der Waals surface area (Å²) in [5.41, 5.74) is 3.27. The highest BCUT2D eigenvalue weighted by molar-refractivity contribution is 7.99. The third kappa shape index (κ3) is 5.87. The Labute approximate surface area is 191 Å². The quantitative estimate of drug-likeness (QED) is 0.508. The topological polar surface area (TPSA) is 62.5 Å². The molecular formula is C23H25ClN4O2S. The van der Waals surface area contributed by atoms with Crippen molar-refractivity contribution in [1.29, 1.82) is 0 Å². The van der Waals surface area contributed by atoms with E-state index in [1.807, 2.05) is 23.1 Å². The van der Waals surface area contributed by atoms with Crippen molar-refractivity contribution >= 4 is 29.3 Å². The van der Waals surface area contributed by atoms with Gasteiger partial charge in [-0.25, -0.2) is 0 Å². The Morgan fingerprint density at radius 3 is 2.68 bits per heavy atom. The SMILES string of the molecule is Cc1ccc(CN2CCCN(C(=O)CSc3nnc(-c4ccccc4Cl)o3)CC2)cc1. The number of benzene rings is 2. The van der Waals surface area contributed by atoms with Crippen LogP contribution < -0.4 is 0 Å². The van der Waals surface area contributed by atoms with Gasteiger partial charge in [-0.2, -0.15) is 0 Å². The summed E-state index contributed by atoms with van der Waals surface area (Å²) in [5, 5.41) is 9.03. The number of halogens is 1. The Morgan fingerprint density at radius 1 is 1.06 bits per heavy atom. The Kier molecular flexibility index (Phi) is 7.27. The van der Waals surface area contributed by atoms with E-state index in [1.165, 1.54) is 22.9 Å². The van der Waals surface area contributed by atoms with E-state index in [9.17, 15) is 4.79 Å². The molecule has 31 heavy (non-hydrogen) atoms. The first-order valence-electron chi connectivity index (χ1n) is 10.4. The van der Waals surface area contributed by atoms with E-state index < -0.39 is 0 Å². The smallest absolute Gasteiger partial charge is 0.277 e. The molecule has 8 heteroatoms. The molecule has 0 atom stereocenters. The summed E-state index contributed by atoms with van der Waals surface area (Å²) in [6.45, 7) is 6.41. The lowest BCUT2D eigenvalue weighted by molar-refractivity contribution is -0.128. The summed E-state index contributed by atoms with van der Waals surface area (Å²) in [5.74, 6) is 0.740. The first-order chi connectivity index (χ1) is 15.1. The molecular weight excluding hydrogens is 432 g/mol. The van der Waals surface area contributed by atoms with Crippen molar-refractivity contribution in [2.24, 2.45) is 0 Å². The lowest BCUT2D eigenvalue weighted by atomic mass is 10.1. The van der Waals surface area contributed by atoms with E-state index in [0.29, 0.717) is 21.7 Å². The Hall–Kier alpha value is -2.35. The average molecular weight is 457 g/mol. The first kappa shape index (κ1) is 21.9. The van der Waals surface area contributed by atoms with Crippen molar-refractivity contribution in [3.63, 3.8) is 0 Å². The zero-order valence-electron chi connectivity index (χ0n) is 17.5. The Morgan fingerprint density at radius 2 is 1.87 bits per heavy atom. The summed E-state index contributed by atoms with van der Waals surface area (Å²) in [6, 6.07) is 16.0. The molecule has 2 aromatic carbocycles. The van der Waals surface area contributed by atoms with Gasteiger partial charge in [-0.1, -0.05) is 65.3 Å². The molecule has 1 aliphatic heterocycles. The van der Waals surface area contributed by atoms with Crippen molar-refractivity contribution in [1.82, 2.24) is 20.0 Å². The van der Waals surface area contributed by atoms with Crippen LogP contribution in [0.5, 0.6) is 0 Å². The molecule has 1 aromatic heterocycles. The molecule has 1 fully saturated rings. The van der Waals surface area contributed by atoms with Crippen molar-refractivity contribution in [3.8, 4) is 11.5 Å². The van der Waals surface area contributed by atoms with E-state index in [0.717, 1.165) is 39.1 Å². The molecule has 0 saturated carbocycles. The first-order valence-corrected chi connectivity index (χ1v) is 11.7.